The predicted octanol–water partition coefficient (Wildman–Crippen LogP) is 1.17. The molecule has 124 valence electrons. The highest BCUT2D eigenvalue weighted by molar-refractivity contribution is 5.79. The van der Waals surface area contributed by atoms with Crippen LogP contribution in [0, 0.1) is 5.41 Å². The van der Waals surface area contributed by atoms with Crippen molar-refractivity contribution in [2.75, 3.05) is 31.1 Å². The van der Waals surface area contributed by atoms with Gasteiger partial charge in [-0.25, -0.2) is 9.78 Å². The molecule has 2 aliphatic rings. The van der Waals surface area contributed by atoms with Crippen LogP contribution < -0.4 is 10.2 Å². The Morgan fingerprint density at radius 2 is 2.22 bits per heavy atom. The molecule has 3 rings (SSSR count). The molecule has 3 heterocycles. The van der Waals surface area contributed by atoms with Gasteiger partial charge in [0.15, 0.2) is 0 Å². The van der Waals surface area contributed by atoms with E-state index in [9.17, 15) is 14.7 Å². The van der Waals surface area contributed by atoms with Crippen molar-refractivity contribution in [3.8, 4) is 0 Å². The third kappa shape index (κ3) is 3.23. The van der Waals surface area contributed by atoms with E-state index in [0.717, 1.165) is 25.3 Å². The topological polar surface area (TPSA) is 85.8 Å². The molecule has 0 spiro atoms. The van der Waals surface area contributed by atoms with E-state index in [1.807, 2.05) is 18.2 Å². The quantitative estimate of drug-likeness (QED) is 0.873. The van der Waals surface area contributed by atoms with Gasteiger partial charge in [-0.05, 0) is 31.9 Å². The summed E-state index contributed by atoms with van der Waals surface area (Å²) in [5.41, 5.74) is -0.826. The van der Waals surface area contributed by atoms with E-state index in [-0.39, 0.29) is 18.6 Å². The lowest BCUT2D eigenvalue weighted by Crippen LogP contribution is -2.46. The zero-order valence-electron chi connectivity index (χ0n) is 13.2. The molecule has 7 heteroatoms. The van der Waals surface area contributed by atoms with E-state index in [0.29, 0.717) is 13.0 Å². The molecule has 23 heavy (non-hydrogen) atoms. The fraction of sp³-hybridized carbons (Fsp3) is 0.562. The van der Waals surface area contributed by atoms with Crippen LogP contribution in [0.1, 0.15) is 19.8 Å². The number of carbonyl (C=O) groups is 2. The van der Waals surface area contributed by atoms with E-state index in [2.05, 4.69) is 15.2 Å². The number of aromatic nitrogens is 1. The maximum atomic E-state index is 12.3. The minimum absolute atomic E-state index is 0.0705. The van der Waals surface area contributed by atoms with Crippen LogP contribution in [0.3, 0.4) is 0 Å². The third-order valence-corrected chi connectivity index (χ3v) is 4.77. The van der Waals surface area contributed by atoms with Gasteiger partial charge in [0, 0.05) is 38.4 Å². The smallest absolute Gasteiger partial charge is 0.317 e. The molecule has 0 aliphatic carbocycles. The Balaban J connectivity index is 1.53. The number of likely N-dealkylation sites (tertiary alicyclic amines) is 1. The molecule has 1 aromatic heterocycles. The SMILES string of the molecule is CC1(C(=O)O)CCN(C(=O)NC2CCN(c3ccccn3)C2)C1. The molecule has 2 amide bonds. The highest BCUT2D eigenvalue weighted by atomic mass is 16.4. The first-order chi connectivity index (χ1) is 11.0. The van der Waals surface area contributed by atoms with Crippen molar-refractivity contribution in [1.82, 2.24) is 15.2 Å². The number of carbonyl (C=O) groups excluding carboxylic acids is 1. The first-order valence-electron chi connectivity index (χ1n) is 7.93. The van der Waals surface area contributed by atoms with Gasteiger partial charge in [-0.3, -0.25) is 4.79 Å². The molecule has 0 saturated carbocycles. The van der Waals surface area contributed by atoms with Crippen molar-refractivity contribution in [3.05, 3.63) is 24.4 Å². The van der Waals surface area contributed by atoms with E-state index in [1.54, 1.807) is 18.0 Å². The van der Waals surface area contributed by atoms with E-state index in [4.69, 9.17) is 0 Å². The fourth-order valence-corrected chi connectivity index (χ4v) is 3.20. The Kier molecular flexibility index (Phi) is 4.11. The predicted molar refractivity (Wildman–Crippen MR) is 85.3 cm³/mol. The summed E-state index contributed by atoms with van der Waals surface area (Å²) in [6.07, 6.45) is 3.13. The Labute approximate surface area is 135 Å². The monoisotopic (exact) mass is 318 g/mol. The summed E-state index contributed by atoms with van der Waals surface area (Å²) in [4.78, 5) is 31.7. The molecule has 2 unspecified atom stereocenters. The number of hydrogen-bond donors (Lipinski definition) is 2. The third-order valence-electron chi connectivity index (χ3n) is 4.77. The molecule has 2 aliphatic heterocycles. The normalized spacial score (nSPS) is 27.3. The summed E-state index contributed by atoms with van der Waals surface area (Å²) in [6, 6.07) is 5.70. The molecule has 2 atom stereocenters. The van der Waals surface area contributed by atoms with Gasteiger partial charge in [-0.15, -0.1) is 0 Å². The largest absolute Gasteiger partial charge is 0.481 e. The van der Waals surface area contributed by atoms with Gasteiger partial charge in [0.1, 0.15) is 5.82 Å². The molecular formula is C16H22N4O3. The first kappa shape index (κ1) is 15.6. The van der Waals surface area contributed by atoms with Gasteiger partial charge in [-0.2, -0.15) is 0 Å². The lowest BCUT2D eigenvalue weighted by atomic mass is 9.90. The second-order valence-electron chi connectivity index (χ2n) is 6.61. The lowest BCUT2D eigenvalue weighted by Gasteiger charge is -2.23. The standard InChI is InChI=1S/C16H22N4O3/c1-16(14(21)22)6-9-20(11-16)15(23)18-12-5-8-19(10-12)13-4-2-3-7-17-13/h2-4,7,12H,5-6,8-11H2,1H3,(H,18,23)(H,21,22). The number of carboxylic acids is 1. The van der Waals surface area contributed by atoms with Crippen molar-refractivity contribution in [2.45, 2.75) is 25.8 Å². The van der Waals surface area contributed by atoms with Gasteiger partial charge >= 0.3 is 12.0 Å². The molecule has 0 bridgehead atoms. The number of urea groups is 1. The number of aliphatic carboxylic acids is 1. The Morgan fingerprint density at radius 1 is 1.39 bits per heavy atom. The van der Waals surface area contributed by atoms with E-state index >= 15 is 0 Å². The number of nitrogens with zero attached hydrogens (tertiary/aromatic N) is 3. The summed E-state index contributed by atoms with van der Waals surface area (Å²) in [5, 5.41) is 12.3. The van der Waals surface area contributed by atoms with Gasteiger partial charge in [0.2, 0.25) is 0 Å². The van der Waals surface area contributed by atoms with Crippen molar-refractivity contribution in [3.63, 3.8) is 0 Å². The van der Waals surface area contributed by atoms with Crippen molar-refractivity contribution < 1.29 is 14.7 Å². The second-order valence-corrected chi connectivity index (χ2v) is 6.61. The molecular weight excluding hydrogens is 296 g/mol. The molecule has 0 aromatic carbocycles. The maximum absolute atomic E-state index is 12.3. The molecule has 0 radical (unpaired) electrons. The summed E-state index contributed by atoms with van der Waals surface area (Å²) in [5.74, 6) is 0.0823. The number of carboxylic acid groups (broad SMARTS) is 1. The molecule has 2 fully saturated rings. The zero-order chi connectivity index (χ0) is 16.4. The molecule has 2 saturated heterocycles. The van der Waals surface area contributed by atoms with Gasteiger partial charge in [-0.1, -0.05) is 6.07 Å². The van der Waals surface area contributed by atoms with Crippen LogP contribution in [0.2, 0.25) is 0 Å². The van der Waals surface area contributed by atoms with E-state index < -0.39 is 11.4 Å². The minimum Gasteiger partial charge on any atom is -0.481 e. The number of rotatable bonds is 3. The minimum atomic E-state index is -0.838. The highest BCUT2D eigenvalue weighted by Gasteiger charge is 2.42. The van der Waals surface area contributed by atoms with Crippen LogP contribution in [0.25, 0.3) is 0 Å². The lowest BCUT2D eigenvalue weighted by molar-refractivity contribution is -0.146. The molecule has 1 aromatic rings. The number of anilines is 1. The van der Waals surface area contributed by atoms with Crippen LogP contribution >= 0.6 is 0 Å². The van der Waals surface area contributed by atoms with Crippen molar-refractivity contribution in [1.29, 1.82) is 0 Å². The summed E-state index contributed by atoms with van der Waals surface area (Å²) in [7, 11) is 0. The second kappa shape index (κ2) is 6.06. The van der Waals surface area contributed by atoms with Crippen molar-refractivity contribution >= 4 is 17.8 Å². The maximum Gasteiger partial charge on any atom is 0.317 e. The highest BCUT2D eigenvalue weighted by Crippen LogP contribution is 2.30. The number of pyridine rings is 1. The Morgan fingerprint density at radius 3 is 2.87 bits per heavy atom. The number of hydrogen-bond acceptors (Lipinski definition) is 4. The number of nitrogens with one attached hydrogen (secondary N) is 1. The van der Waals surface area contributed by atoms with Crippen LogP contribution in [-0.4, -0.2) is 59.2 Å². The Hall–Kier alpha value is -2.31. The van der Waals surface area contributed by atoms with Crippen LogP contribution in [-0.2, 0) is 4.79 Å². The van der Waals surface area contributed by atoms with Gasteiger partial charge in [0.25, 0.3) is 0 Å². The molecule has 7 nitrogen and oxygen atoms in total. The van der Waals surface area contributed by atoms with Crippen LogP contribution in [0.15, 0.2) is 24.4 Å². The van der Waals surface area contributed by atoms with Gasteiger partial charge < -0.3 is 20.2 Å². The Bertz CT molecular complexity index is 594. The first-order valence-corrected chi connectivity index (χ1v) is 7.93. The molecule has 2 N–H and O–H groups in total. The van der Waals surface area contributed by atoms with Crippen molar-refractivity contribution in [2.24, 2.45) is 5.41 Å². The van der Waals surface area contributed by atoms with E-state index in [1.165, 1.54) is 0 Å². The number of amides is 2. The van der Waals surface area contributed by atoms with Crippen LogP contribution in [0.4, 0.5) is 10.6 Å². The zero-order valence-corrected chi connectivity index (χ0v) is 13.2. The average Bonchev–Trinajstić information content (AvgIpc) is 3.16. The summed E-state index contributed by atoms with van der Waals surface area (Å²) < 4.78 is 0. The summed E-state index contributed by atoms with van der Waals surface area (Å²) in [6.45, 7) is 4.04. The summed E-state index contributed by atoms with van der Waals surface area (Å²) >= 11 is 0. The van der Waals surface area contributed by atoms with Crippen LogP contribution in [0.5, 0.6) is 0 Å². The van der Waals surface area contributed by atoms with Gasteiger partial charge in [0.05, 0.1) is 5.41 Å². The fourth-order valence-electron chi connectivity index (χ4n) is 3.20. The average molecular weight is 318 g/mol.